The van der Waals surface area contributed by atoms with Crippen molar-refractivity contribution in [3.63, 3.8) is 0 Å². The molecule has 0 rings (SSSR count). The molecular formula is C10H19N3O4S. The zero-order chi connectivity index (χ0) is 14.0. The summed E-state index contributed by atoms with van der Waals surface area (Å²) in [5.41, 5.74) is 4.94. The highest BCUT2D eigenvalue weighted by atomic mass is 32.2. The number of amides is 3. The number of carbonyl (C=O) groups excluding carboxylic acids is 2. The highest BCUT2D eigenvalue weighted by Gasteiger charge is 2.17. The van der Waals surface area contributed by atoms with Gasteiger partial charge in [0.1, 0.15) is 13.1 Å². The number of carbonyl (C=O) groups is 3. The molecule has 0 aromatic carbocycles. The summed E-state index contributed by atoms with van der Waals surface area (Å²) in [4.78, 5) is 33.7. The molecule has 7 nitrogen and oxygen atoms in total. The molecule has 0 aliphatic carbocycles. The average molecular weight is 277 g/mol. The van der Waals surface area contributed by atoms with Crippen molar-refractivity contribution in [2.24, 2.45) is 5.73 Å². The van der Waals surface area contributed by atoms with E-state index in [0.717, 1.165) is 22.8 Å². The molecule has 0 heterocycles. The van der Waals surface area contributed by atoms with Gasteiger partial charge in [-0.25, -0.2) is 4.79 Å². The minimum atomic E-state index is -1.19. The molecule has 0 bridgehead atoms. The van der Waals surface area contributed by atoms with Gasteiger partial charge in [0.05, 0.1) is 0 Å². The van der Waals surface area contributed by atoms with Crippen LogP contribution in [0.5, 0.6) is 0 Å². The van der Waals surface area contributed by atoms with Crippen molar-refractivity contribution in [3.8, 4) is 0 Å². The Morgan fingerprint density at radius 3 is 2.50 bits per heavy atom. The Balaban J connectivity index is 4.04. The van der Waals surface area contributed by atoms with Crippen LogP contribution >= 0.6 is 11.8 Å². The molecule has 104 valence electrons. The van der Waals surface area contributed by atoms with Crippen LogP contribution in [-0.2, 0) is 9.59 Å². The van der Waals surface area contributed by atoms with E-state index in [1.807, 2.05) is 6.92 Å². The van der Waals surface area contributed by atoms with Gasteiger partial charge in [0.15, 0.2) is 0 Å². The molecule has 0 saturated heterocycles. The van der Waals surface area contributed by atoms with Gasteiger partial charge in [0.25, 0.3) is 0 Å². The van der Waals surface area contributed by atoms with E-state index in [4.69, 9.17) is 10.8 Å². The fourth-order valence-corrected chi connectivity index (χ4v) is 1.81. The maximum atomic E-state index is 11.6. The van der Waals surface area contributed by atoms with Crippen molar-refractivity contribution in [2.75, 3.05) is 31.1 Å². The molecule has 0 unspecified atom stereocenters. The Hall–Kier alpha value is -1.44. The third-order valence-corrected chi connectivity index (χ3v) is 2.89. The van der Waals surface area contributed by atoms with E-state index in [1.165, 1.54) is 0 Å². The van der Waals surface area contributed by atoms with Gasteiger partial charge < -0.3 is 21.1 Å². The maximum absolute atomic E-state index is 11.6. The van der Waals surface area contributed by atoms with Gasteiger partial charge in [0.2, 0.25) is 5.91 Å². The first-order chi connectivity index (χ1) is 8.47. The molecule has 0 aliphatic rings. The highest BCUT2D eigenvalue weighted by Crippen LogP contribution is 1.99. The number of rotatable bonds is 9. The van der Waals surface area contributed by atoms with E-state index in [0.29, 0.717) is 6.54 Å². The van der Waals surface area contributed by atoms with Crippen LogP contribution < -0.4 is 11.1 Å². The van der Waals surface area contributed by atoms with Crippen LogP contribution in [0.15, 0.2) is 0 Å². The molecule has 0 saturated carbocycles. The number of aliphatic carboxylic acids is 1. The van der Waals surface area contributed by atoms with Gasteiger partial charge in [-0.05, 0) is 17.9 Å². The molecule has 0 aromatic rings. The second-order valence-electron chi connectivity index (χ2n) is 3.50. The lowest BCUT2D eigenvalue weighted by Gasteiger charge is -2.19. The number of nitrogens with two attached hydrogens (primary N) is 1. The smallest absolute Gasteiger partial charge is 0.323 e. The van der Waals surface area contributed by atoms with E-state index in [1.54, 1.807) is 11.8 Å². The molecule has 0 fully saturated rings. The molecule has 3 amide bonds. The van der Waals surface area contributed by atoms with Crippen molar-refractivity contribution in [1.82, 2.24) is 10.2 Å². The Bertz CT molecular complexity index is 283. The fourth-order valence-electron chi connectivity index (χ4n) is 1.18. The minimum absolute atomic E-state index is 0.401. The van der Waals surface area contributed by atoms with Crippen LogP contribution in [0.4, 0.5) is 4.79 Å². The van der Waals surface area contributed by atoms with Gasteiger partial charge in [-0.1, -0.05) is 6.92 Å². The lowest BCUT2D eigenvalue weighted by Crippen LogP contribution is -2.46. The number of carboxylic acid groups (broad SMARTS) is 1. The van der Waals surface area contributed by atoms with Crippen LogP contribution in [0.25, 0.3) is 0 Å². The first kappa shape index (κ1) is 16.6. The minimum Gasteiger partial charge on any atom is -0.480 e. The quantitative estimate of drug-likeness (QED) is 0.501. The molecule has 8 heteroatoms. The van der Waals surface area contributed by atoms with E-state index >= 15 is 0 Å². The molecule has 0 aromatic heterocycles. The number of hydrogen-bond donors (Lipinski definition) is 3. The van der Waals surface area contributed by atoms with E-state index in [2.05, 4.69) is 5.32 Å². The standard InChI is InChI=1S/C10H19N3O4S/c1-2-18-5-3-4-12-10(17)13(6-8(11)14)7-9(15)16/h2-7H2,1H3,(H2,11,14)(H,12,17)(H,15,16). The summed E-state index contributed by atoms with van der Waals surface area (Å²) in [6, 6.07) is -0.585. The molecule has 0 spiro atoms. The molecule has 4 N–H and O–H groups in total. The second kappa shape index (κ2) is 9.58. The molecule has 0 radical (unpaired) electrons. The number of primary amides is 1. The number of hydrogen-bond acceptors (Lipinski definition) is 4. The number of thioether (sulfide) groups is 1. The summed E-state index contributed by atoms with van der Waals surface area (Å²) in [6.45, 7) is 1.55. The summed E-state index contributed by atoms with van der Waals surface area (Å²) in [7, 11) is 0. The highest BCUT2D eigenvalue weighted by molar-refractivity contribution is 7.99. The van der Waals surface area contributed by atoms with Crippen molar-refractivity contribution in [3.05, 3.63) is 0 Å². The Morgan fingerprint density at radius 1 is 1.33 bits per heavy atom. The van der Waals surface area contributed by atoms with Gasteiger partial charge in [-0.15, -0.1) is 0 Å². The molecule has 0 aliphatic heterocycles. The summed E-state index contributed by atoms with van der Waals surface area (Å²) < 4.78 is 0. The normalized spacial score (nSPS) is 9.83. The zero-order valence-electron chi connectivity index (χ0n) is 10.3. The van der Waals surface area contributed by atoms with Crippen LogP contribution in [0.3, 0.4) is 0 Å². The fraction of sp³-hybridized carbons (Fsp3) is 0.700. The van der Waals surface area contributed by atoms with Crippen LogP contribution in [0.2, 0.25) is 0 Å². The lowest BCUT2D eigenvalue weighted by molar-refractivity contribution is -0.137. The summed E-state index contributed by atoms with van der Waals surface area (Å²) in [5, 5.41) is 11.2. The summed E-state index contributed by atoms with van der Waals surface area (Å²) >= 11 is 1.76. The third-order valence-electron chi connectivity index (χ3n) is 1.91. The van der Waals surface area contributed by atoms with E-state index < -0.39 is 31.0 Å². The van der Waals surface area contributed by atoms with E-state index in [9.17, 15) is 14.4 Å². The number of nitrogens with zero attached hydrogens (tertiary/aromatic N) is 1. The van der Waals surface area contributed by atoms with Gasteiger partial charge >= 0.3 is 12.0 Å². The first-order valence-electron chi connectivity index (χ1n) is 5.58. The van der Waals surface area contributed by atoms with Crippen molar-refractivity contribution < 1.29 is 19.5 Å². The third kappa shape index (κ3) is 8.68. The number of carboxylic acids is 1. The predicted octanol–water partition coefficient (Wildman–Crippen LogP) is -0.289. The second-order valence-corrected chi connectivity index (χ2v) is 4.89. The monoisotopic (exact) mass is 277 g/mol. The van der Waals surface area contributed by atoms with Gasteiger partial charge in [-0.3, -0.25) is 9.59 Å². The number of nitrogens with one attached hydrogen (secondary N) is 1. The topological polar surface area (TPSA) is 113 Å². The Labute approximate surface area is 110 Å². The first-order valence-corrected chi connectivity index (χ1v) is 6.73. The molecule has 0 atom stereocenters. The average Bonchev–Trinajstić information content (AvgIpc) is 2.26. The molecular weight excluding hydrogens is 258 g/mol. The maximum Gasteiger partial charge on any atom is 0.323 e. The Kier molecular flexibility index (Phi) is 8.81. The van der Waals surface area contributed by atoms with Gasteiger partial charge in [-0.2, -0.15) is 11.8 Å². The van der Waals surface area contributed by atoms with Crippen LogP contribution in [0, 0.1) is 0 Å². The SMILES string of the molecule is CCSCCCNC(=O)N(CC(N)=O)CC(=O)O. The van der Waals surface area contributed by atoms with Crippen LogP contribution in [0.1, 0.15) is 13.3 Å². The lowest BCUT2D eigenvalue weighted by atomic mass is 10.4. The summed E-state index contributed by atoms with van der Waals surface area (Å²) in [5.74, 6) is 0.00705. The molecule has 18 heavy (non-hydrogen) atoms. The van der Waals surface area contributed by atoms with Gasteiger partial charge in [0, 0.05) is 6.54 Å². The summed E-state index contributed by atoms with van der Waals surface area (Å²) in [6.07, 6.45) is 0.793. The Morgan fingerprint density at radius 2 is 2.00 bits per heavy atom. The van der Waals surface area contributed by atoms with E-state index in [-0.39, 0.29) is 0 Å². The predicted molar refractivity (Wildman–Crippen MR) is 69.4 cm³/mol. The zero-order valence-corrected chi connectivity index (χ0v) is 11.2. The largest absolute Gasteiger partial charge is 0.480 e. The number of urea groups is 1. The van der Waals surface area contributed by atoms with Crippen molar-refractivity contribution >= 4 is 29.7 Å². The van der Waals surface area contributed by atoms with Crippen molar-refractivity contribution in [1.29, 1.82) is 0 Å². The van der Waals surface area contributed by atoms with Crippen molar-refractivity contribution in [2.45, 2.75) is 13.3 Å². The van der Waals surface area contributed by atoms with Crippen LogP contribution in [-0.4, -0.2) is 59.1 Å².